The highest BCUT2D eigenvalue weighted by atomic mass is 19.1. The third-order valence-corrected chi connectivity index (χ3v) is 6.06. The minimum absolute atomic E-state index is 0.0294. The van der Waals surface area contributed by atoms with Crippen molar-refractivity contribution in [1.29, 1.82) is 0 Å². The topological polar surface area (TPSA) is 99.9 Å². The summed E-state index contributed by atoms with van der Waals surface area (Å²) in [4.78, 5) is 27.9. The van der Waals surface area contributed by atoms with Gasteiger partial charge in [-0.3, -0.25) is 14.5 Å². The van der Waals surface area contributed by atoms with Gasteiger partial charge in [0, 0.05) is 75.1 Å². The van der Waals surface area contributed by atoms with E-state index in [-0.39, 0.29) is 5.91 Å². The summed E-state index contributed by atoms with van der Waals surface area (Å²) in [7, 11) is 1.71. The lowest BCUT2D eigenvalue weighted by atomic mass is 10.1. The van der Waals surface area contributed by atoms with Crippen LogP contribution in [0.15, 0.2) is 59.9 Å². The van der Waals surface area contributed by atoms with Crippen LogP contribution < -0.4 is 16.4 Å². The normalized spacial score (nSPS) is 15.0. The highest BCUT2D eigenvalue weighted by molar-refractivity contribution is 5.94. The summed E-state index contributed by atoms with van der Waals surface area (Å²) in [5.74, 6) is -0.383. The number of piperazine rings is 1. The number of nitrogens with two attached hydrogens (primary N) is 1. The van der Waals surface area contributed by atoms with Gasteiger partial charge in [-0.25, -0.2) is 4.39 Å². The molecule has 9 heteroatoms. The van der Waals surface area contributed by atoms with Gasteiger partial charge >= 0.3 is 0 Å². The number of carbonyl (C=O) groups is 2. The Hall–Kier alpha value is -3.69. The zero-order valence-corrected chi connectivity index (χ0v) is 20.8. The van der Waals surface area contributed by atoms with Crippen LogP contribution in [0.4, 0.5) is 15.8 Å². The molecule has 2 amide bonds. The smallest absolute Gasteiger partial charge is 0.253 e. The van der Waals surface area contributed by atoms with Gasteiger partial charge in [-0.05, 0) is 67.5 Å². The van der Waals surface area contributed by atoms with Gasteiger partial charge in [0.25, 0.3) is 5.91 Å². The number of rotatable bonds is 11. The van der Waals surface area contributed by atoms with Gasteiger partial charge in [0.2, 0.25) is 6.41 Å². The Bertz CT molecular complexity index is 1090. The second-order valence-corrected chi connectivity index (χ2v) is 8.62. The van der Waals surface area contributed by atoms with Crippen molar-refractivity contribution in [3.63, 3.8) is 0 Å². The van der Waals surface area contributed by atoms with Crippen LogP contribution in [0.2, 0.25) is 0 Å². The van der Waals surface area contributed by atoms with Crippen LogP contribution >= 0.6 is 0 Å². The van der Waals surface area contributed by atoms with E-state index >= 15 is 0 Å². The predicted molar refractivity (Wildman–Crippen MR) is 141 cm³/mol. The first-order valence-electron chi connectivity index (χ1n) is 11.9. The van der Waals surface area contributed by atoms with Crippen LogP contribution in [-0.2, 0) is 9.53 Å². The number of allylic oxidation sites excluding steroid dienone is 1. The fourth-order valence-corrected chi connectivity index (χ4v) is 3.94. The SMILES string of the molecule is COCCCN1CCN(C(=O)c2ccc(N/C=C(N)/C(C)=C/c3cc(F)ccc3NC=O)cc2)CC1. The summed E-state index contributed by atoms with van der Waals surface area (Å²) in [6, 6.07) is 11.3. The molecule has 4 N–H and O–H groups in total. The Morgan fingerprint density at radius 3 is 2.50 bits per heavy atom. The number of ether oxygens (including phenoxy) is 1. The van der Waals surface area contributed by atoms with Gasteiger partial charge in [0.05, 0.1) is 5.70 Å². The molecular weight excluding hydrogens is 461 g/mol. The van der Waals surface area contributed by atoms with Crippen molar-refractivity contribution in [2.75, 3.05) is 57.1 Å². The van der Waals surface area contributed by atoms with E-state index in [2.05, 4.69) is 15.5 Å². The summed E-state index contributed by atoms with van der Waals surface area (Å²) in [5, 5.41) is 5.67. The number of anilines is 2. The second-order valence-electron chi connectivity index (χ2n) is 8.62. The first kappa shape index (κ1) is 26.9. The van der Waals surface area contributed by atoms with Crippen molar-refractivity contribution in [1.82, 2.24) is 9.80 Å². The fourth-order valence-electron chi connectivity index (χ4n) is 3.94. The Morgan fingerprint density at radius 1 is 1.11 bits per heavy atom. The molecule has 0 atom stereocenters. The molecule has 1 heterocycles. The third-order valence-electron chi connectivity index (χ3n) is 6.06. The predicted octanol–water partition coefficient (Wildman–Crippen LogP) is 3.50. The van der Waals surface area contributed by atoms with Crippen molar-refractivity contribution in [3.8, 4) is 0 Å². The molecule has 1 fully saturated rings. The van der Waals surface area contributed by atoms with Crippen molar-refractivity contribution < 1.29 is 18.7 Å². The summed E-state index contributed by atoms with van der Waals surface area (Å²) in [6.45, 7) is 6.70. The molecule has 2 aromatic rings. The molecule has 1 saturated heterocycles. The van der Waals surface area contributed by atoms with Crippen LogP contribution in [0, 0.1) is 5.82 Å². The molecule has 36 heavy (non-hydrogen) atoms. The van der Waals surface area contributed by atoms with Crippen LogP contribution in [-0.4, -0.2) is 68.6 Å². The number of halogens is 1. The lowest BCUT2D eigenvalue weighted by Crippen LogP contribution is -2.48. The molecule has 0 bridgehead atoms. The minimum Gasteiger partial charge on any atom is -0.397 e. The van der Waals surface area contributed by atoms with Crippen LogP contribution in [0.25, 0.3) is 6.08 Å². The second kappa shape index (κ2) is 13.4. The Balaban J connectivity index is 1.56. The average Bonchev–Trinajstić information content (AvgIpc) is 2.89. The number of benzene rings is 2. The van der Waals surface area contributed by atoms with E-state index < -0.39 is 5.82 Å². The highest BCUT2D eigenvalue weighted by Gasteiger charge is 2.21. The first-order valence-corrected chi connectivity index (χ1v) is 11.9. The Kier molecular flexibility index (Phi) is 10.0. The molecule has 192 valence electrons. The van der Waals surface area contributed by atoms with Gasteiger partial charge < -0.3 is 26.0 Å². The van der Waals surface area contributed by atoms with E-state index in [1.807, 2.05) is 17.0 Å². The summed E-state index contributed by atoms with van der Waals surface area (Å²) >= 11 is 0. The molecule has 0 radical (unpaired) electrons. The number of nitrogens with one attached hydrogen (secondary N) is 2. The quantitative estimate of drug-likeness (QED) is 0.251. The molecular formula is C27H34FN5O3. The maximum Gasteiger partial charge on any atom is 0.253 e. The van der Waals surface area contributed by atoms with Crippen molar-refractivity contribution in [2.45, 2.75) is 13.3 Å². The van der Waals surface area contributed by atoms with Gasteiger partial charge in [0.15, 0.2) is 0 Å². The minimum atomic E-state index is -0.412. The summed E-state index contributed by atoms with van der Waals surface area (Å²) in [5.41, 5.74) is 9.72. The van der Waals surface area contributed by atoms with Gasteiger partial charge in [-0.2, -0.15) is 0 Å². The highest BCUT2D eigenvalue weighted by Crippen LogP contribution is 2.21. The van der Waals surface area contributed by atoms with E-state index in [4.69, 9.17) is 10.5 Å². The van der Waals surface area contributed by atoms with Gasteiger partial charge in [-0.15, -0.1) is 0 Å². The zero-order chi connectivity index (χ0) is 25.9. The number of methoxy groups -OCH3 is 1. The van der Waals surface area contributed by atoms with Gasteiger partial charge in [-0.1, -0.05) is 0 Å². The number of hydrogen-bond donors (Lipinski definition) is 3. The lowest BCUT2D eigenvalue weighted by Gasteiger charge is -2.34. The standard InChI is InChI=1S/C27H34FN5O3/c1-20(16-22-17-23(28)6-9-26(22)31-19-34)25(29)18-30-24-7-4-21(5-8-24)27(35)33-13-11-32(12-14-33)10-3-15-36-2/h4-9,16-19,30H,3,10-15,29H2,1-2H3,(H,31,34)/b20-16+,25-18-. The van der Waals surface area contributed by atoms with E-state index in [0.29, 0.717) is 47.6 Å². The maximum atomic E-state index is 13.7. The van der Waals surface area contributed by atoms with Gasteiger partial charge in [0.1, 0.15) is 5.82 Å². The Morgan fingerprint density at radius 2 is 1.83 bits per heavy atom. The van der Waals surface area contributed by atoms with Crippen molar-refractivity contribution in [2.24, 2.45) is 5.73 Å². The first-order chi connectivity index (χ1) is 17.4. The monoisotopic (exact) mass is 495 g/mol. The van der Waals surface area contributed by atoms with E-state index in [9.17, 15) is 14.0 Å². The largest absolute Gasteiger partial charge is 0.397 e. The van der Waals surface area contributed by atoms with Crippen LogP contribution in [0.1, 0.15) is 29.3 Å². The molecule has 3 rings (SSSR count). The molecule has 0 unspecified atom stereocenters. The molecule has 0 aromatic heterocycles. The number of carbonyl (C=O) groups excluding carboxylic acids is 2. The summed E-state index contributed by atoms with van der Waals surface area (Å²) < 4.78 is 18.8. The molecule has 0 saturated carbocycles. The van der Waals surface area contributed by atoms with Crippen LogP contribution in [0.3, 0.4) is 0 Å². The fraction of sp³-hybridized carbons (Fsp3) is 0.333. The third kappa shape index (κ3) is 7.66. The lowest BCUT2D eigenvalue weighted by molar-refractivity contribution is -0.105. The van der Waals surface area contributed by atoms with Crippen molar-refractivity contribution >= 4 is 29.8 Å². The molecule has 8 nitrogen and oxygen atoms in total. The number of nitrogens with zero attached hydrogens (tertiary/aromatic N) is 2. The average molecular weight is 496 g/mol. The zero-order valence-electron chi connectivity index (χ0n) is 20.8. The molecule has 0 spiro atoms. The van der Waals surface area contributed by atoms with Crippen LogP contribution in [0.5, 0.6) is 0 Å². The molecule has 1 aliphatic rings. The maximum absolute atomic E-state index is 13.7. The van der Waals surface area contributed by atoms with Crippen molar-refractivity contribution in [3.05, 3.63) is 76.9 Å². The molecule has 1 aliphatic heterocycles. The molecule has 0 aliphatic carbocycles. The summed E-state index contributed by atoms with van der Waals surface area (Å²) in [6.07, 6.45) is 4.87. The van der Waals surface area contributed by atoms with E-state index in [0.717, 1.165) is 38.3 Å². The van der Waals surface area contributed by atoms with E-state index in [1.54, 1.807) is 38.4 Å². The number of amides is 2. The Labute approximate surface area is 211 Å². The number of hydrogen-bond acceptors (Lipinski definition) is 6. The molecule has 2 aromatic carbocycles. The van der Waals surface area contributed by atoms with E-state index in [1.165, 1.54) is 18.2 Å².